The molecule has 0 aliphatic heterocycles. The Hall–Kier alpha value is -2.63. The summed E-state index contributed by atoms with van der Waals surface area (Å²) in [6.07, 6.45) is 8.97. The van der Waals surface area contributed by atoms with E-state index in [1.165, 1.54) is 0 Å². The molecule has 3 rings (SSSR count). The molecule has 1 saturated carbocycles. The Morgan fingerprint density at radius 2 is 1.96 bits per heavy atom. The highest BCUT2D eigenvalue weighted by Gasteiger charge is 2.23. The number of hydrogen-bond acceptors (Lipinski definition) is 3. The van der Waals surface area contributed by atoms with Crippen LogP contribution >= 0.6 is 0 Å². The van der Waals surface area contributed by atoms with Crippen LogP contribution in [0.3, 0.4) is 0 Å². The molecule has 1 aromatic heterocycles. The Balaban J connectivity index is 1.63. The number of anilines is 2. The first-order valence-electron chi connectivity index (χ1n) is 9.78. The van der Waals surface area contributed by atoms with E-state index in [4.69, 9.17) is 0 Å². The Labute approximate surface area is 160 Å². The van der Waals surface area contributed by atoms with Crippen molar-refractivity contribution in [2.24, 2.45) is 5.92 Å². The molecule has 2 aromatic rings. The summed E-state index contributed by atoms with van der Waals surface area (Å²) < 4.78 is 2.00. The highest BCUT2D eigenvalue weighted by atomic mass is 16.2. The average molecular weight is 368 g/mol. The van der Waals surface area contributed by atoms with Gasteiger partial charge in [0.2, 0.25) is 11.8 Å². The maximum Gasteiger partial charge on any atom is 0.227 e. The van der Waals surface area contributed by atoms with E-state index in [1.54, 1.807) is 6.20 Å². The predicted octanol–water partition coefficient (Wildman–Crippen LogP) is 3.91. The van der Waals surface area contributed by atoms with Gasteiger partial charge in [-0.25, -0.2) is 4.98 Å². The van der Waals surface area contributed by atoms with Crippen LogP contribution in [0.5, 0.6) is 0 Å². The van der Waals surface area contributed by atoms with Gasteiger partial charge >= 0.3 is 0 Å². The molecular formula is C21H28N4O2. The first kappa shape index (κ1) is 19.1. The smallest absolute Gasteiger partial charge is 0.227 e. The molecule has 0 saturated heterocycles. The van der Waals surface area contributed by atoms with Crippen LogP contribution in [-0.2, 0) is 22.6 Å². The molecule has 0 unspecified atom stereocenters. The zero-order valence-corrected chi connectivity index (χ0v) is 16.1. The Kier molecular flexibility index (Phi) is 6.27. The van der Waals surface area contributed by atoms with E-state index < -0.39 is 0 Å². The monoisotopic (exact) mass is 368 g/mol. The van der Waals surface area contributed by atoms with Gasteiger partial charge in [-0.05, 0) is 37.5 Å². The summed E-state index contributed by atoms with van der Waals surface area (Å²) in [6, 6.07) is 5.71. The number of aromatic nitrogens is 2. The second-order valence-corrected chi connectivity index (χ2v) is 7.21. The van der Waals surface area contributed by atoms with Crippen molar-refractivity contribution in [3.63, 3.8) is 0 Å². The number of nitrogens with one attached hydrogen (secondary N) is 2. The number of aryl methyl sites for hydroxylation is 3. The summed E-state index contributed by atoms with van der Waals surface area (Å²) in [5.41, 5.74) is 2.36. The summed E-state index contributed by atoms with van der Waals surface area (Å²) in [7, 11) is 0. The fraction of sp³-hybridized carbons (Fsp3) is 0.476. The highest BCUT2D eigenvalue weighted by molar-refractivity contribution is 6.00. The third-order valence-electron chi connectivity index (χ3n) is 5.13. The first-order valence-corrected chi connectivity index (χ1v) is 9.78. The molecule has 0 bridgehead atoms. The fourth-order valence-corrected chi connectivity index (χ4v) is 3.59. The quantitative estimate of drug-likeness (QED) is 0.778. The molecule has 0 spiro atoms. The lowest BCUT2D eigenvalue weighted by molar-refractivity contribution is -0.119. The van der Waals surface area contributed by atoms with E-state index >= 15 is 0 Å². The van der Waals surface area contributed by atoms with Crippen molar-refractivity contribution >= 4 is 23.2 Å². The lowest BCUT2D eigenvalue weighted by atomic mass is 10.1. The summed E-state index contributed by atoms with van der Waals surface area (Å²) in [5.74, 6) is 1.04. The Bertz CT molecular complexity index is 806. The zero-order chi connectivity index (χ0) is 19.2. The third-order valence-corrected chi connectivity index (χ3v) is 5.13. The topological polar surface area (TPSA) is 76.0 Å². The summed E-state index contributed by atoms with van der Waals surface area (Å²) >= 11 is 0. The molecule has 0 atom stereocenters. The van der Waals surface area contributed by atoms with E-state index in [9.17, 15) is 9.59 Å². The number of amides is 2. The van der Waals surface area contributed by atoms with Crippen LogP contribution in [0, 0.1) is 12.8 Å². The average Bonchev–Trinajstić information content (AvgIpc) is 3.33. The maximum absolute atomic E-state index is 12.5. The molecule has 27 heavy (non-hydrogen) atoms. The van der Waals surface area contributed by atoms with Crippen molar-refractivity contribution in [3.8, 4) is 0 Å². The zero-order valence-electron chi connectivity index (χ0n) is 16.1. The molecule has 1 heterocycles. The number of rotatable bonds is 7. The molecule has 6 nitrogen and oxygen atoms in total. The second-order valence-electron chi connectivity index (χ2n) is 7.21. The summed E-state index contributed by atoms with van der Waals surface area (Å²) in [6.45, 7) is 4.60. The highest BCUT2D eigenvalue weighted by Crippen LogP contribution is 2.28. The second kappa shape index (κ2) is 8.84. The van der Waals surface area contributed by atoms with Gasteiger partial charge in [0.15, 0.2) is 0 Å². The van der Waals surface area contributed by atoms with Crippen LogP contribution in [0.1, 0.15) is 50.4 Å². The van der Waals surface area contributed by atoms with Crippen molar-refractivity contribution in [1.29, 1.82) is 0 Å². The minimum Gasteiger partial charge on any atom is -0.334 e. The van der Waals surface area contributed by atoms with Gasteiger partial charge in [-0.3, -0.25) is 9.59 Å². The lowest BCUT2D eigenvalue weighted by Gasteiger charge is -2.16. The van der Waals surface area contributed by atoms with Gasteiger partial charge in [0.05, 0.1) is 11.4 Å². The minimum absolute atomic E-state index is 0.0536. The first-order chi connectivity index (χ1) is 13.1. The number of benzene rings is 1. The number of carbonyl (C=O) groups is 2. The van der Waals surface area contributed by atoms with Gasteiger partial charge in [0, 0.05) is 37.7 Å². The molecule has 2 amide bonds. The Morgan fingerprint density at radius 1 is 1.19 bits per heavy atom. The van der Waals surface area contributed by atoms with E-state index in [1.807, 2.05) is 42.8 Å². The van der Waals surface area contributed by atoms with Crippen LogP contribution in [-0.4, -0.2) is 21.4 Å². The number of imidazole rings is 1. The molecule has 2 N–H and O–H groups in total. The van der Waals surface area contributed by atoms with Crippen molar-refractivity contribution in [3.05, 3.63) is 42.0 Å². The molecular weight excluding hydrogens is 340 g/mol. The minimum atomic E-state index is -0.0762. The number of hydrogen-bond donors (Lipinski definition) is 2. The van der Waals surface area contributed by atoms with Gasteiger partial charge in [0.1, 0.15) is 5.82 Å². The molecule has 1 aromatic carbocycles. The molecule has 1 fully saturated rings. The van der Waals surface area contributed by atoms with Crippen LogP contribution in [0.2, 0.25) is 0 Å². The summed E-state index contributed by atoms with van der Waals surface area (Å²) in [4.78, 5) is 29.2. The third kappa shape index (κ3) is 4.96. The molecule has 0 radical (unpaired) electrons. The van der Waals surface area contributed by atoms with E-state index in [0.717, 1.165) is 43.5 Å². The van der Waals surface area contributed by atoms with Crippen LogP contribution in [0.15, 0.2) is 30.6 Å². The van der Waals surface area contributed by atoms with Gasteiger partial charge in [0.25, 0.3) is 0 Å². The Morgan fingerprint density at radius 3 is 2.70 bits per heavy atom. The normalized spacial score (nSPS) is 14.3. The van der Waals surface area contributed by atoms with E-state index in [-0.39, 0.29) is 17.7 Å². The van der Waals surface area contributed by atoms with Crippen molar-refractivity contribution in [2.75, 3.05) is 10.6 Å². The van der Waals surface area contributed by atoms with Crippen molar-refractivity contribution in [1.82, 2.24) is 9.55 Å². The number of nitrogens with zero attached hydrogens (tertiary/aromatic N) is 2. The SMILES string of the molecule is CCc1nccn1CCC(=O)Nc1cc(C)ccc1NC(=O)C1CCCC1. The number of carbonyl (C=O) groups excluding carboxylic acids is 2. The molecule has 1 aliphatic rings. The molecule has 1 aliphatic carbocycles. The molecule has 6 heteroatoms. The molecule has 144 valence electrons. The van der Waals surface area contributed by atoms with Gasteiger partial charge in [-0.1, -0.05) is 25.8 Å². The van der Waals surface area contributed by atoms with Crippen LogP contribution in [0.4, 0.5) is 11.4 Å². The lowest BCUT2D eigenvalue weighted by Crippen LogP contribution is -2.22. The van der Waals surface area contributed by atoms with Crippen molar-refractivity contribution in [2.45, 2.75) is 58.9 Å². The van der Waals surface area contributed by atoms with Crippen LogP contribution in [0.25, 0.3) is 0 Å². The van der Waals surface area contributed by atoms with E-state index in [0.29, 0.717) is 24.3 Å². The van der Waals surface area contributed by atoms with Gasteiger partial charge in [-0.2, -0.15) is 0 Å². The van der Waals surface area contributed by atoms with E-state index in [2.05, 4.69) is 15.6 Å². The standard InChI is InChI=1S/C21H28N4O2/c1-3-19-22-11-13-25(19)12-10-20(26)23-18-14-15(2)8-9-17(18)24-21(27)16-6-4-5-7-16/h8-9,11,13-14,16H,3-7,10,12H2,1-2H3,(H,23,26)(H,24,27). The van der Waals surface area contributed by atoms with Gasteiger partial charge < -0.3 is 15.2 Å². The predicted molar refractivity (Wildman–Crippen MR) is 107 cm³/mol. The fourth-order valence-electron chi connectivity index (χ4n) is 3.59. The maximum atomic E-state index is 12.5. The van der Waals surface area contributed by atoms with Gasteiger partial charge in [-0.15, -0.1) is 0 Å². The van der Waals surface area contributed by atoms with Crippen molar-refractivity contribution < 1.29 is 9.59 Å². The summed E-state index contributed by atoms with van der Waals surface area (Å²) in [5, 5.41) is 5.96. The largest absolute Gasteiger partial charge is 0.334 e. The van der Waals surface area contributed by atoms with Crippen LogP contribution < -0.4 is 10.6 Å².